The lowest BCUT2D eigenvalue weighted by atomic mass is 9.98. The van der Waals surface area contributed by atoms with Crippen molar-refractivity contribution in [2.24, 2.45) is 0 Å². The van der Waals surface area contributed by atoms with Gasteiger partial charge in [-0.1, -0.05) is 55.2 Å². The molecular weight excluding hydrogens is 323 g/mol. The fourth-order valence-electron chi connectivity index (χ4n) is 2.75. The summed E-state index contributed by atoms with van der Waals surface area (Å²) in [4.78, 5) is 0. The first-order chi connectivity index (χ1) is 11.6. The topological polar surface area (TPSA) is 44.8 Å². The average molecular weight is 346 g/mol. The lowest BCUT2D eigenvalue weighted by Gasteiger charge is -2.26. The fraction of sp³-hybridized carbons (Fsp3) is 0.368. The smallest absolute Gasteiger partial charge is 0.395 e. The summed E-state index contributed by atoms with van der Waals surface area (Å²) in [5.74, 6) is 0.958. The summed E-state index contributed by atoms with van der Waals surface area (Å²) in [7, 11) is -3.75. The molecule has 3 rings (SSSR count). The van der Waals surface area contributed by atoms with Gasteiger partial charge in [-0.2, -0.15) is 0 Å². The lowest BCUT2D eigenvalue weighted by Crippen LogP contribution is -2.18. The summed E-state index contributed by atoms with van der Waals surface area (Å²) in [6.07, 6.45) is 5.06. The molecule has 1 atom stereocenters. The van der Waals surface area contributed by atoms with Crippen molar-refractivity contribution in [2.45, 2.75) is 45.1 Å². The maximum absolute atomic E-state index is 13.2. The highest BCUT2D eigenvalue weighted by molar-refractivity contribution is 7.49. The Labute approximate surface area is 143 Å². The van der Waals surface area contributed by atoms with Gasteiger partial charge in [0.1, 0.15) is 11.5 Å². The van der Waals surface area contributed by atoms with Gasteiger partial charge in [-0.15, -0.1) is 0 Å². The highest BCUT2D eigenvalue weighted by Crippen LogP contribution is 2.52. The molecule has 0 bridgehead atoms. The fourth-order valence-corrected chi connectivity index (χ4v) is 4.21. The van der Waals surface area contributed by atoms with E-state index in [-0.39, 0.29) is 6.10 Å². The van der Waals surface area contributed by atoms with Gasteiger partial charge in [-0.25, -0.2) is 4.57 Å². The van der Waals surface area contributed by atoms with Crippen molar-refractivity contribution in [1.82, 2.24) is 0 Å². The Morgan fingerprint density at radius 2 is 1.42 bits per heavy atom. The summed E-state index contributed by atoms with van der Waals surface area (Å²) in [6.45, 7) is 1.99. The van der Waals surface area contributed by atoms with E-state index in [1.165, 1.54) is 6.42 Å². The van der Waals surface area contributed by atoms with E-state index in [1.807, 2.05) is 37.3 Å². The molecule has 0 aliphatic heterocycles. The molecule has 0 aromatic heterocycles. The number of hydrogen-bond donors (Lipinski definition) is 0. The van der Waals surface area contributed by atoms with Crippen LogP contribution >= 0.6 is 7.82 Å². The van der Waals surface area contributed by atoms with Gasteiger partial charge in [0.25, 0.3) is 0 Å². The van der Waals surface area contributed by atoms with Crippen LogP contribution in [0.1, 0.15) is 37.7 Å². The molecule has 2 aromatic carbocycles. The molecule has 0 amide bonds. The Hall–Kier alpha value is -1.77. The monoisotopic (exact) mass is 346 g/mol. The first-order valence-electron chi connectivity index (χ1n) is 8.42. The minimum atomic E-state index is -3.75. The molecule has 0 spiro atoms. The SMILES string of the molecule is Cc1ccc(OP(=O)(Oc2ccccc2)OC2CCCCC2)cc1. The molecule has 4 nitrogen and oxygen atoms in total. The third-order valence-corrected chi connectivity index (χ3v) is 5.45. The Kier molecular flexibility index (Phi) is 5.60. The zero-order valence-electron chi connectivity index (χ0n) is 13.9. The Bertz CT molecular complexity index is 678. The van der Waals surface area contributed by atoms with E-state index < -0.39 is 7.82 Å². The number of benzene rings is 2. The van der Waals surface area contributed by atoms with Gasteiger partial charge < -0.3 is 9.05 Å². The standard InChI is InChI=1S/C19H23O4P/c1-16-12-14-19(15-13-16)23-24(20,21-17-8-4-2-5-9-17)22-18-10-6-3-7-11-18/h2,4-5,8-9,12-15,18H,3,6-7,10-11H2,1H3. The van der Waals surface area contributed by atoms with Crippen molar-refractivity contribution in [3.63, 3.8) is 0 Å². The van der Waals surface area contributed by atoms with Gasteiger partial charge in [0.05, 0.1) is 6.10 Å². The van der Waals surface area contributed by atoms with E-state index in [4.69, 9.17) is 13.6 Å². The Morgan fingerprint density at radius 3 is 2.04 bits per heavy atom. The molecule has 24 heavy (non-hydrogen) atoms. The predicted octanol–water partition coefficient (Wildman–Crippen LogP) is 5.91. The third kappa shape index (κ3) is 4.86. The number of phosphoric acid groups is 1. The number of para-hydroxylation sites is 1. The summed E-state index contributed by atoms with van der Waals surface area (Å²) >= 11 is 0. The molecule has 1 aliphatic rings. The molecule has 1 fully saturated rings. The summed E-state index contributed by atoms with van der Waals surface area (Å²) in [5.41, 5.74) is 1.11. The van der Waals surface area contributed by atoms with Gasteiger partial charge >= 0.3 is 7.82 Å². The zero-order chi connectivity index (χ0) is 16.8. The van der Waals surface area contributed by atoms with Crippen LogP contribution in [-0.4, -0.2) is 6.10 Å². The quantitative estimate of drug-likeness (QED) is 0.610. The van der Waals surface area contributed by atoms with E-state index in [1.54, 1.807) is 24.3 Å². The van der Waals surface area contributed by atoms with Gasteiger partial charge in [0, 0.05) is 0 Å². The molecule has 0 N–H and O–H groups in total. The van der Waals surface area contributed by atoms with Crippen LogP contribution in [-0.2, 0) is 9.09 Å². The van der Waals surface area contributed by atoms with E-state index in [2.05, 4.69) is 0 Å². The number of rotatable bonds is 6. The largest absolute Gasteiger partial charge is 0.587 e. The molecule has 1 unspecified atom stereocenters. The van der Waals surface area contributed by atoms with Crippen molar-refractivity contribution in [1.29, 1.82) is 0 Å². The lowest BCUT2D eigenvalue weighted by molar-refractivity contribution is 0.112. The van der Waals surface area contributed by atoms with E-state index in [0.717, 1.165) is 31.2 Å². The highest BCUT2D eigenvalue weighted by atomic mass is 31.2. The maximum Gasteiger partial charge on any atom is 0.587 e. The third-order valence-electron chi connectivity index (χ3n) is 4.03. The molecule has 1 saturated carbocycles. The van der Waals surface area contributed by atoms with Crippen LogP contribution < -0.4 is 9.05 Å². The summed E-state index contributed by atoms with van der Waals surface area (Å²) < 4.78 is 30.4. The van der Waals surface area contributed by atoms with Crippen LogP contribution in [0.15, 0.2) is 54.6 Å². The van der Waals surface area contributed by atoms with Crippen molar-refractivity contribution in [3.05, 3.63) is 60.2 Å². The average Bonchev–Trinajstić information content (AvgIpc) is 2.58. The Morgan fingerprint density at radius 1 is 0.833 bits per heavy atom. The number of phosphoric ester groups is 1. The number of hydrogen-bond acceptors (Lipinski definition) is 4. The van der Waals surface area contributed by atoms with Crippen molar-refractivity contribution in [2.75, 3.05) is 0 Å². The van der Waals surface area contributed by atoms with Gasteiger partial charge in [-0.05, 0) is 44.0 Å². The second kappa shape index (κ2) is 7.87. The van der Waals surface area contributed by atoms with Gasteiger partial charge in [0.15, 0.2) is 0 Å². The first kappa shape index (κ1) is 17.1. The zero-order valence-corrected chi connectivity index (χ0v) is 14.8. The molecule has 0 radical (unpaired) electrons. The number of aryl methyl sites for hydroxylation is 1. The van der Waals surface area contributed by atoms with Crippen LogP contribution in [0, 0.1) is 6.92 Å². The molecule has 0 saturated heterocycles. The summed E-state index contributed by atoms with van der Waals surface area (Å²) in [6, 6.07) is 16.4. The molecular formula is C19H23O4P. The molecule has 2 aromatic rings. The van der Waals surface area contributed by atoms with Crippen LogP contribution in [0.4, 0.5) is 0 Å². The summed E-state index contributed by atoms with van der Waals surface area (Å²) in [5, 5.41) is 0. The van der Waals surface area contributed by atoms with Crippen LogP contribution in [0.5, 0.6) is 11.5 Å². The van der Waals surface area contributed by atoms with E-state index in [0.29, 0.717) is 11.5 Å². The maximum atomic E-state index is 13.2. The van der Waals surface area contributed by atoms with Crippen molar-refractivity contribution < 1.29 is 18.1 Å². The molecule has 128 valence electrons. The van der Waals surface area contributed by atoms with Gasteiger partial charge in [0.2, 0.25) is 0 Å². The second-order valence-corrected chi connectivity index (χ2v) is 7.59. The normalized spacial score (nSPS) is 17.9. The van der Waals surface area contributed by atoms with E-state index in [9.17, 15) is 4.57 Å². The van der Waals surface area contributed by atoms with Crippen molar-refractivity contribution in [3.8, 4) is 11.5 Å². The molecule has 0 heterocycles. The minimum Gasteiger partial charge on any atom is -0.395 e. The van der Waals surface area contributed by atoms with Gasteiger partial charge in [-0.3, -0.25) is 4.52 Å². The van der Waals surface area contributed by atoms with Crippen LogP contribution in [0.3, 0.4) is 0 Å². The van der Waals surface area contributed by atoms with Crippen LogP contribution in [0.2, 0.25) is 0 Å². The highest BCUT2D eigenvalue weighted by Gasteiger charge is 2.35. The molecule has 5 heteroatoms. The van der Waals surface area contributed by atoms with E-state index >= 15 is 0 Å². The van der Waals surface area contributed by atoms with Crippen molar-refractivity contribution >= 4 is 7.82 Å². The molecule has 1 aliphatic carbocycles. The Balaban J connectivity index is 1.78. The van der Waals surface area contributed by atoms with Crippen LogP contribution in [0.25, 0.3) is 0 Å². The minimum absolute atomic E-state index is 0.0845. The first-order valence-corrected chi connectivity index (χ1v) is 9.88. The predicted molar refractivity (Wildman–Crippen MR) is 94.4 cm³/mol. The second-order valence-electron chi connectivity index (χ2n) is 6.12.